The largest absolute Gasteiger partial charge is 0.459 e. The predicted molar refractivity (Wildman–Crippen MR) is 77.9 cm³/mol. The molecular weight excluding hydrogens is 306 g/mol. The molecule has 2 rings (SSSR count). The van der Waals surface area contributed by atoms with Gasteiger partial charge in [0.1, 0.15) is 5.60 Å². The van der Waals surface area contributed by atoms with Crippen molar-refractivity contribution in [1.29, 1.82) is 0 Å². The minimum absolute atomic E-state index is 0.162. The molecule has 1 heterocycles. The van der Waals surface area contributed by atoms with Crippen LogP contribution in [0.5, 0.6) is 0 Å². The van der Waals surface area contributed by atoms with Gasteiger partial charge in [0.2, 0.25) is 0 Å². The number of hydrogen-bond donors (Lipinski definition) is 0. The van der Waals surface area contributed by atoms with Gasteiger partial charge < -0.3 is 4.74 Å². The van der Waals surface area contributed by atoms with Crippen LogP contribution in [0.1, 0.15) is 51.6 Å². The van der Waals surface area contributed by atoms with Gasteiger partial charge in [0.25, 0.3) is 0 Å². The molecule has 1 atom stereocenters. The lowest BCUT2D eigenvalue weighted by Crippen LogP contribution is -2.28. The molecule has 0 aliphatic heterocycles. The summed E-state index contributed by atoms with van der Waals surface area (Å²) in [5.74, 6) is 0.243. The number of aromatic nitrogens is 1. The zero-order valence-electron chi connectivity index (χ0n) is 11.6. The van der Waals surface area contributed by atoms with Gasteiger partial charge in [0.05, 0.1) is 11.6 Å². The molecule has 1 saturated carbocycles. The minimum Gasteiger partial charge on any atom is -0.459 e. The summed E-state index contributed by atoms with van der Waals surface area (Å²) >= 11 is 3.43. The van der Waals surface area contributed by atoms with Gasteiger partial charge in [-0.1, -0.05) is 28.8 Å². The summed E-state index contributed by atoms with van der Waals surface area (Å²) in [4.78, 5) is 16.7. The van der Waals surface area contributed by atoms with Crippen molar-refractivity contribution in [2.75, 3.05) is 0 Å². The quantitative estimate of drug-likeness (QED) is 0.783. The second-order valence-corrected chi connectivity index (χ2v) is 7.08. The SMILES string of the molecule is CC(C)(C)OC(=O)C(CC1CC1)c1cc(Br)ccn1. The van der Waals surface area contributed by atoms with Gasteiger partial charge in [-0.05, 0) is 45.2 Å². The molecule has 1 aromatic rings. The van der Waals surface area contributed by atoms with Crippen LogP contribution >= 0.6 is 15.9 Å². The summed E-state index contributed by atoms with van der Waals surface area (Å²) in [6.45, 7) is 5.69. The first kappa shape index (κ1) is 14.5. The second-order valence-electron chi connectivity index (χ2n) is 6.16. The van der Waals surface area contributed by atoms with Gasteiger partial charge in [0, 0.05) is 10.7 Å². The molecule has 1 unspecified atom stereocenters. The van der Waals surface area contributed by atoms with Crippen LogP contribution in [0.25, 0.3) is 0 Å². The minimum atomic E-state index is -0.453. The van der Waals surface area contributed by atoms with Crippen molar-refractivity contribution in [2.45, 2.75) is 51.6 Å². The Bertz CT molecular complexity index is 463. The first-order valence-electron chi connectivity index (χ1n) is 6.69. The van der Waals surface area contributed by atoms with E-state index in [4.69, 9.17) is 4.74 Å². The van der Waals surface area contributed by atoms with E-state index in [0.29, 0.717) is 5.92 Å². The molecule has 4 heteroatoms. The summed E-state index contributed by atoms with van der Waals surface area (Å²) < 4.78 is 6.47. The van der Waals surface area contributed by atoms with Gasteiger partial charge in [0.15, 0.2) is 0 Å². The number of carbonyl (C=O) groups is 1. The van der Waals surface area contributed by atoms with Crippen molar-refractivity contribution in [1.82, 2.24) is 4.98 Å². The Labute approximate surface area is 122 Å². The highest BCUT2D eigenvalue weighted by molar-refractivity contribution is 9.10. The number of rotatable bonds is 4. The maximum Gasteiger partial charge on any atom is 0.315 e. The number of pyridine rings is 1. The third-order valence-corrected chi connectivity index (χ3v) is 3.55. The first-order valence-corrected chi connectivity index (χ1v) is 7.49. The van der Waals surface area contributed by atoms with E-state index in [0.717, 1.165) is 16.6 Å². The van der Waals surface area contributed by atoms with E-state index < -0.39 is 5.60 Å². The second kappa shape index (κ2) is 5.61. The fourth-order valence-corrected chi connectivity index (χ4v) is 2.36. The lowest BCUT2D eigenvalue weighted by Gasteiger charge is -2.23. The average molecular weight is 326 g/mol. The van der Waals surface area contributed by atoms with Crippen LogP contribution < -0.4 is 0 Å². The molecule has 1 aliphatic carbocycles. The average Bonchev–Trinajstić information content (AvgIpc) is 3.07. The van der Waals surface area contributed by atoms with Crippen LogP contribution in [0.3, 0.4) is 0 Å². The third-order valence-electron chi connectivity index (χ3n) is 3.06. The van der Waals surface area contributed by atoms with Crippen LogP contribution in [0.2, 0.25) is 0 Å². The monoisotopic (exact) mass is 325 g/mol. The van der Waals surface area contributed by atoms with Crippen molar-refractivity contribution in [2.24, 2.45) is 5.92 Å². The van der Waals surface area contributed by atoms with Crippen LogP contribution in [-0.4, -0.2) is 16.6 Å². The number of ether oxygens (including phenoxy) is 1. The van der Waals surface area contributed by atoms with Crippen molar-refractivity contribution in [3.8, 4) is 0 Å². The summed E-state index contributed by atoms with van der Waals surface area (Å²) in [6.07, 6.45) is 5.00. The van der Waals surface area contributed by atoms with E-state index in [-0.39, 0.29) is 11.9 Å². The number of nitrogens with zero attached hydrogens (tertiary/aromatic N) is 1. The van der Waals surface area contributed by atoms with Gasteiger partial charge in [-0.3, -0.25) is 9.78 Å². The Morgan fingerprint density at radius 2 is 2.21 bits per heavy atom. The molecule has 0 bridgehead atoms. The van der Waals surface area contributed by atoms with Crippen LogP contribution in [0.4, 0.5) is 0 Å². The van der Waals surface area contributed by atoms with Crippen LogP contribution in [0.15, 0.2) is 22.8 Å². The molecule has 1 aromatic heterocycles. The lowest BCUT2D eigenvalue weighted by molar-refractivity contribution is -0.157. The predicted octanol–water partition coefficient (Wildman–Crippen LogP) is 4.07. The molecular formula is C15H20BrNO2. The molecule has 0 saturated heterocycles. The number of hydrogen-bond acceptors (Lipinski definition) is 3. The molecule has 0 N–H and O–H groups in total. The fourth-order valence-electron chi connectivity index (χ4n) is 2.01. The topological polar surface area (TPSA) is 39.2 Å². The Morgan fingerprint density at radius 1 is 1.53 bits per heavy atom. The molecule has 19 heavy (non-hydrogen) atoms. The Hall–Kier alpha value is -0.900. The highest BCUT2D eigenvalue weighted by atomic mass is 79.9. The summed E-state index contributed by atoms with van der Waals surface area (Å²) in [5, 5.41) is 0. The lowest BCUT2D eigenvalue weighted by atomic mass is 9.97. The molecule has 0 radical (unpaired) electrons. The Balaban J connectivity index is 2.17. The zero-order chi connectivity index (χ0) is 14.0. The van der Waals surface area contributed by atoms with Gasteiger partial charge in [-0.2, -0.15) is 0 Å². The van der Waals surface area contributed by atoms with Gasteiger partial charge in [-0.25, -0.2) is 0 Å². The van der Waals surface area contributed by atoms with Crippen LogP contribution in [0, 0.1) is 5.92 Å². The Morgan fingerprint density at radius 3 is 2.74 bits per heavy atom. The summed E-state index contributed by atoms with van der Waals surface area (Å²) in [5.41, 5.74) is 0.348. The van der Waals surface area contributed by atoms with E-state index >= 15 is 0 Å². The highest BCUT2D eigenvalue weighted by Crippen LogP contribution is 2.39. The summed E-state index contributed by atoms with van der Waals surface area (Å²) in [7, 11) is 0. The fraction of sp³-hybridized carbons (Fsp3) is 0.600. The van der Waals surface area contributed by atoms with Crippen molar-refractivity contribution < 1.29 is 9.53 Å². The standard InChI is InChI=1S/C15H20BrNO2/c1-15(2,3)19-14(18)12(8-10-4-5-10)13-9-11(16)6-7-17-13/h6-7,9-10,12H,4-5,8H2,1-3H3. The molecule has 1 fully saturated rings. The molecule has 3 nitrogen and oxygen atoms in total. The smallest absolute Gasteiger partial charge is 0.315 e. The van der Waals surface area contributed by atoms with Crippen molar-refractivity contribution in [3.05, 3.63) is 28.5 Å². The molecule has 0 spiro atoms. The van der Waals surface area contributed by atoms with Gasteiger partial charge >= 0.3 is 5.97 Å². The Kier molecular flexibility index (Phi) is 4.29. The molecule has 1 aliphatic rings. The van der Waals surface area contributed by atoms with Crippen LogP contribution in [-0.2, 0) is 9.53 Å². The van der Waals surface area contributed by atoms with Crippen molar-refractivity contribution >= 4 is 21.9 Å². The number of halogens is 1. The van der Waals surface area contributed by atoms with E-state index in [9.17, 15) is 4.79 Å². The third kappa shape index (κ3) is 4.60. The van der Waals surface area contributed by atoms with Gasteiger partial charge in [-0.15, -0.1) is 0 Å². The first-order chi connectivity index (χ1) is 8.85. The van der Waals surface area contributed by atoms with Crippen molar-refractivity contribution in [3.63, 3.8) is 0 Å². The highest BCUT2D eigenvalue weighted by Gasteiger charge is 2.33. The molecule has 0 amide bonds. The molecule has 104 valence electrons. The van der Waals surface area contributed by atoms with E-state index in [1.165, 1.54) is 12.8 Å². The normalized spacial score (nSPS) is 17.1. The molecule has 0 aromatic carbocycles. The maximum absolute atomic E-state index is 12.4. The van der Waals surface area contributed by atoms with E-state index in [1.54, 1.807) is 6.20 Å². The maximum atomic E-state index is 12.4. The zero-order valence-corrected chi connectivity index (χ0v) is 13.2. The van der Waals surface area contributed by atoms with E-state index in [2.05, 4.69) is 20.9 Å². The number of esters is 1. The summed E-state index contributed by atoms with van der Waals surface area (Å²) in [6, 6.07) is 3.78. The number of carbonyl (C=O) groups excluding carboxylic acids is 1. The van der Waals surface area contributed by atoms with E-state index in [1.807, 2.05) is 32.9 Å².